The van der Waals surface area contributed by atoms with Gasteiger partial charge >= 0.3 is 5.97 Å². The quantitative estimate of drug-likeness (QED) is 0.323. The molecule has 0 fully saturated rings. The summed E-state index contributed by atoms with van der Waals surface area (Å²) in [7, 11) is 2.96. The van der Waals surface area contributed by atoms with Gasteiger partial charge in [-0.1, -0.05) is 32.4 Å². The maximum atomic E-state index is 12.3. The molecule has 0 unspecified atom stereocenters. The molecule has 0 saturated heterocycles. The van der Waals surface area contributed by atoms with E-state index in [1.165, 1.54) is 37.7 Å². The van der Waals surface area contributed by atoms with E-state index >= 15 is 0 Å². The Morgan fingerprint density at radius 2 is 1.84 bits per heavy atom. The van der Waals surface area contributed by atoms with Crippen molar-refractivity contribution in [1.82, 2.24) is 5.32 Å². The molecule has 0 bridgehead atoms. The molecule has 9 heteroatoms. The van der Waals surface area contributed by atoms with Crippen molar-refractivity contribution in [1.29, 1.82) is 0 Å². The Hall–Kier alpha value is -2.84. The summed E-state index contributed by atoms with van der Waals surface area (Å²) in [4.78, 5) is 37.5. The number of benzene rings is 1. The van der Waals surface area contributed by atoms with Gasteiger partial charge in [-0.2, -0.15) is 0 Å². The number of methoxy groups -OCH3 is 2. The van der Waals surface area contributed by atoms with Crippen LogP contribution in [-0.2, 0) is 20.9 Å². The molecule has 0 spiro atoms. The zero-order valence-electron chi connectivity index (χ0n) is 18.6. The summed E-state index contributed by atoms with van der Waals surface area (Å²) in [6, 6.07) is 6.69. The number of ether oxygens (including phenoxy) is 3. The van der Waals surface area contributed by atoms with Crippen molar-refractivity contribution in [3.8, 4) is 11.5 Å². The predicted octanol–water partition coefficient (Wildman–Crippen LogP) is 4.52. The lowest BCUT2D eigenvalue weighted by molar-refractivity contribution is -0.136. The number of rotatable bonds is 9. The van der Waals surface area contributed by atoms with Crippen LogP contribution >= 0.6 is 22.9 Å². The highest BCUT2D eigenvalue weighted by atomic mass is 35.5. The van der Waals surface area contributed by atoms with Gasteiger partial charge in [0.15, 0.2) is 18.1 Å². The molecule has 0 aliphatic carbocycles. The zero-order chi connectivity index (χ0) is 23.9. The standard InChI is InChI=1S/C23H26ClNO6S/c1-23(2,3)22(28)25-12-15-7-8-19(32-15)17(26)13-31-20(27)9-6-14-10-16(24)21(30-5)18(11-14)29-4/h6-11H,12-13H2,1-5H3,(H,25,28)/b9-6+. The van der Waals surface area contributed by atoms with E-state index in [0.717, 1.165) is 4.88 Å². The third kappa shape index (κ3) is 7.10. The van der Waals surface area contributed by atoms with Gasteiger partial charge in [0.2, 0.25) is 11.7 Å². The molecular formula is C23H26ClNO6S. The summed E-state index contributed by atoms with van der Waals surface area (Å²) in [6.07, 6.45) is 2.70. The molecule has 2 aromatic rings. The number of Topliss-reactive ketones (excluding diaryl/α,β-unsaturated/α-hetero) is 1. The number of carbonyl (C=O) groups is 3. The Kier molecular flexibility index (Phi) is 8.86. The predicted molar refractivity (Wildman–Crippen MR) is 125 cm³/mol. The highest BCUT2D eigenvalue weighted by Crippen LogP contribution is 2.36. The molecule has 1 amide bonds. The van der Waals surface area contributed by atoms with Crippen molar-refractivity contribution < 1.29 is 28.6 Å². The highest BCUT2D eigenvalue weighted by molar-refractivity contribution is 7.14. The first kappa shape index (κ1) is 25.4. The van der Waals surface area contributed by atoms with Crippen molar-refractivity contribution in [3.05, 3.63) is 50.7 Å². The van der Waals surface area contributed by atoms with Gasteiger partial charge in [0.05, 0.1) is 30.7 Å². The van der Waals surface area contributed by atoms with E-state index in [1.807, 2.05) is 20.8 Å². The highest BCUT2D eigenvalue weighted by Gasteiger charge is 2.21. The minimum atomic E-state index is -0.668. The van der Waals surface area contributed by atoms with Gasteiger partial charge in [0.25, 0.3) is 0 Å². The van der Waals surface area contributed by atoms with Gasteiger partial charge in [-0.25, -0.2) is 4.79 Å². The van der Waals surface area contributed by atoms with Crippen LogP contribution in [0.15, 0.2) is 30.3 Å². The fourth-order valence-corrected chi connectivity index (χ4v) is 3.68. The van der Waals surface area contributed by atoms with E-state index in [1.54, 1.807) is 24.3 Å². The van der Waals surface area contributed by atoms with Crippen LogP contribution < -0.4 is 14.8 Å². The number of ketones is 1. The van der Waals surface area contributed by atoms with Gasteiger partial charge in [0.1, 0.15) is 0 Å². The SMILES string of the molecule is COc1cc(/C=C/C(=O)OCC(=O)c2ccc(CNC(=O)C(C)(C)C)s2)cc(Cl)c1OC. The Morgan fingerprint density at radius 1 is 1.12 bits per heavy atom. The molecule has 32 heavy (non-hydrogen) atoms. The van der Waals surface area contributed by atoms with Crippen molar-refractivity contribution in [2.24, 2.45) is 5.41 Å². The Balaban J connectivity index is 1.89. The van der Waals surface area contributed by atoms with E-state index in [2.05, 4.69) is 5.32 Å². The van der Waals surface area contributed by atoms with Gasteiger partial charge in [-0.15, -0.1) is 11.3 Å². The summed E-state index contributed by atoms with van der Waals surface area (Å²) >= 11 is 7.39. The van der Waals surface area contributed by atoms with Gasteiger partial charge in [0, 0.05) is 16.4 Å². The number of nitrogens with one attached hydrogen (secondary N) is 1. The lowest BCUT2D eigenvalue weighted by atomic mass is 9.96. The van der Waals surface area contributed by atoms with Crippen LogP contribution in [0.4, 0.5) is 0 Å². The third-order valence-corrected chi connectivity index (χ3v) is 5.66. The molecule has 0 saturated carbocycles. The molecule has 1 aromatic carbocycles. The second-order valence-corrected chi connectivity index (χ2v) is 9.38. The average Bonchev–Trinajstić information content (AvgIpc) is 3.22. The molecule has 0 aliphatic rings. The van der Waals surface area contributed by atoms with E-state index in [0.29, 0.717) is 33.5 Å². The monoisotopic (exact) mass is 479 g/mol. The lowest BCUT2D eigenvalue weighted by Crippen LogP contribution is -2.34. The third-order valence-electron chi connectivity index (χ3n) is 4.25. The van der Waals surface area contributed by atoms with Crippen LogP contribution in [0, 0.1) is 5.41 Å². The van der Waals surface area contributed by atoms with Crippen LogP contribution in [-0.4, -0.2) is 38.5 Å². The Bertz CT molecular complexity index is 1020. The maximum absolute atomic E-state index is 12.3. The first-order valence-electron chi connectivity index (χ1n) is 9.71. The molecule has 172 valence electrons. The summed E-state index contributed by atoms with van der Waals surface area (Å²) in [5, 5.41) is 3.17. The van der Waals surface area contributed by atoms with Gasteiger partial charge < -0.3 is 19.5 Å². The van der Waals surface area contributed by atoms with Gasteiger partial charge in [-0.05, 0) is 35.9 Å². The van der Waals surface area contributed by atoms with Crippen LogP contribution in [0.2, 0.25) is 5.02 Å². The minimum Gasteiger partial charge on any atom is -0.493 e. The van der Waals surface area contributed by atoms with E-state index in [4.69, 9.17) is 25.8 Å². The first-order chi connectivity index (χ1) is 15.0. The normalized spacial score (nSPS) is 11.3. The number of hydrogen-bond donors (Lipinski definition) is 1. The molecule has 1 N–H and O–H groups in total. The Labute approximate surface area is 196 Å². The topological polar surface area (TPSA) is 90.9 Å². The van der Waals surface area contributed by atoms with Crippen LogP contribution in [0.5, 0.6) is 11.5 Å². The number of hydrogen-bond acceptors (Lipinski definition) is 7. The summed E-state index contributed by atoms with van der Waals surface area (Å²) in [5.74, 6) is -0.240. The fourth-order valence-electron chi connectivity index (χ4n) is 2.51. The van der Waals surface area contributed by atoms with Crippen LogP contribution in [0.25, 0.3) is 6.08 Å². The molecule has 2 rings (SSSR count). The molecule has 7 nitrogen and oxygen atoms in total. The van der Waals surface area contributed by atoms with Crippen molar-refractivity contribution in [3.63, 3.8) is 0 Å². The van der Waals surface area contributed by atoms with Crippen LogP contribution in [0.1, 0.15) is 40.9 Å². The lowest BCUT2D eigenvalue weighted by Gasteiger charge is -2.17. The van der Waals surface area contributed by atoms with Crippen molar-refractivity contribution >= 4 is 46.7 Å². The molecule has 1 heterocycles. The number of halogens is 1. The van der Waals surface area contributed by atoms with E-state index < -0.39 is 11.4 Å². The number of thiophene rings is 1. The fraction of sp³-hybridized carbons (Fsp3) is 0.348. The average molecular weight is 480 g/mol. The first-order valence-corrected chi connectivity index (χ1v) is 10.9. The van der Waals surface area contributed by atoms with Crippen molar-refractivity contribution in [2.75, 3.05) is 20.8 Å². The van der Waals surface area contributed by atoms with Crippen molar-refractivity contribution in [2.45, 2.75) is 27.3 Å². The maximum Gasteiger partial charge on any atom is 0.331 e. The minimum absolute atomic E-state index is 0.0738. The molecule has 0 radical (unpaired) electrons. The summed E-state index contributed by atoms with van der Waals surface area (Å²) < 4.78 is 15.4. The Morgan fingerprint density at radius 3 is 2.47 bits per heavy atom. The molecular weight excluding hydrogens is 454 g/mol. The molecule has 0 aliphatic heterocycles. The number of carbonyl (C=O) groups excluding carboxylic acids is 3. The second-order valence-electron chi connectivity index (χ2n) is 7.80. The molecule has 1 aromatic heterocycles. The number of esters is 1. The molecule has 0 atom stereocenters. The summed E-state index contributed by atoms with van der Waals surface area (Å²) in [6.45, 7) is 5.44. The second kappa shape index (κ2) is 11.2. The van der Waals surface area contributed by atoms with Crippen LogP contribution in [0.3, 0.4) is 0 Å². The number of amides is 1. The largest absolute Gasteiger partial charge is 0.493 e. The van der Waals surface area contributed by atoms with E-state index in [9.17, 15) is 14.4 Å². The zero-order valence-corrected chi connectivity index (χ0v) is 20.2. The summed E-state index contributed by atoms with van der Waals surface area (Å²) in [5.41, 5.74) is 0.121. The van der Waals surface area contributed by atoms with Gasteiger partial charge in [-0.3, -0.25) is 9.59 Å². The smallest absolute Gasteiger partial charge is 0.331 e. The van der Waals surface area contributed by atoms with E-state index in [-0.39, 0.29) is 18.3 Å².